The van der Waals surface area contributed by atoms with E-state index in [1.807, 2.05) is 54.3 Å². The molecule has 1 amide bonds. The van der Waals surface area contributed by atoms with Crippen molar-refractivity contribution in [2.75, 3.05) is 27.3 Å². The van der Waals surface area contributed by atoms with Crippen LogP contribution < -0.4 is 9.47 Å². The third-order valence-electron chi connectivity index (χ3n) is 5.97. The summed E-state index contributed by atoms with van der Waals surface area (Å²) >= 11 is 0. The quantitative estimate of drug-likeness (QED) is 0.494. The minimum absolute atomic E-state index is 0.000568. The summed E-state index contributed by atoms with van der Waals surface area (Å²) in [6.45, 7) is 3.46. The molecule has 2 aromatic carbocycles. The number of methoxy groups -OCH3 is 2. The molecule has 7 heteroatoms. The first-order chi connectivity index (χ1) is 16.1. The molecular formula is C26H29N3O4. The number of carbonyl (C=O) groups is 1. The standard InChI is InChI=1S/C26H29N3O4/c1-18-7-4-5-9-21(18)26-27-24(33-28-26)16-20-8-6-14-29(17-20)25(30)13-11-19-10-12-22(31-2)23(15-19)32-3/h4-5,7,9-13,15,20H,6,8,14,16-17H2,1-3H3. The Morgan fingerprint density at radius 3 is 2.79 bits per heavy atom. The Hall–Kier alpha value is -3.61. The first kappa shape index (κ1) is 22.6. The van der Waals surface area contributed by atoms with Crippen LogP contribution >= 0.6 is 0 Å². The Balaban J connectivity index is 1.37. The van der Waals surface area contributed by atoms with Crippen molar-refractivity contribution < 1.29 is 18.8 Å². The largest absolute Gasteiger partial charge is 0.493 e. The molecule has 2 heterocycles. The minimum Gasteiger partial charge on any atom is -0.493 e. The molecule has 0 N–H and O–H groups in total. The van der Waals surface area contributed by atoms with Gasteiger partial charge >= 0.3 is 0 Å². The highest BCUT2D eigenvalue weighted by Crippen LogP contribution is 2.28. The van der Waals surface area contributed by atoms with E-state index in [0.29, 0.717) is 42.1 Å². The van der Waals surface area contributed by atoms with Gasteiger partial charge in [-0.3, -0.25) is 4.79 Å². The molecule has 1 aliphatic heterocycles. The molecule has 0 spiro atoms. The van der Waals surface area contributed by atoms with E-state index in [4.69, 9.17) is 14.0 Å². The lowest BCUT2D eigenvalue weighted by Crippen LogP contribution is -2.39. The van der Waals surface area contributed by atoms with Crippen molar-refractivity contribution in [3.8, 4) is 22.9 Å². The Morgan fingerprint density at radius 1 is 1.18 bits per heavy atom. The zero-order chi connectivity index (χ0) is 23.2. The van der Waals surface area contributed by atoms with Gasteiger partial charge in [0.05, 0.1) is 14.2 Å². The van der Waals surface area contributed by atoms with E-state index < -0.39 is 0 Å². The molecule has 1 aliphatic rings. The fourth-order valence-corrected chi connectivity index (χ4v) is 4.18. The van der Waals surface area contributed by atoms with Crippen molar-refractivity contribution in [1.29, 1.82) is 0 Å². The van der Waals surface area contributed by atoms with Gasteiger partial charge in [-0.25, -0.2) is 0 Å². The van der Waals surface area contributed by atoms with Crippen molar-refractivity contribution in [2.24, 2.45) is 5.92 Å². The topological polar surface area (TPSA) is 77.7 Å². The number of piperidine rings is 1. The van der Waals surface area contributed by atoms with Gasteiger partial charge in [0.15, 0.2) is 11.5 Å². The molecule has 1 saturated heterocycles. The third-order valence-corrected chi connectivity index (χ3v) is 5.97. The van der Waals surface area contributed by atoms with E-state index in [1.165, 1.54) is 0 Å². The molecule has 4 rings (SSSR count). The molecule has 0 radical (unpaired) electrons. The number of rotatable bonds is 7. The summed E-state index contributed by atoms with van der Waals surface area (Å²) in [4.78, 5) is 19.3. The highest BCUT2D eigenvalue weighted by Gasteiger charge is 2.24. The first-order valence-corrected chi connectivity index (χ1v) is 11.1. The molecule has 7 nitrogen and oxygen atoms in total. The Morgan fingerprint density at radius 2 is 2.00 bits per heavy atom. The number of benzene rings is 2. The molecule has 1 atom stereocenters. The van der Waals surface area contributed by atoms with E-state index >= 15 is 0 Å². The molecule has 0 bridgehead atoms. The number of nitrogens with zero attached hydrogens (tertiary/aromatic N) is 3. The van der Waals surface area contributed by atoms with Gasteiger partial charge < -0.3 is 18.9 Å². The SMILES string of the molecule is COc1ccc(C=CC(=O)N2CCCC(Cc3nc(-c4ccccc4C)no3)C2)cc1OC. The lowest BCUT2D eigenvalue weighted by molar-refractivity contribution is -0.127. The van der Waals surface area contributed by atoms with Crippen LogP contribution in [0.5, 0.6) is 11.5 Å². The smallest absolute Gasteiger partial charge is 0.246 e. The molecule has 1 unspecified atom stereocenters. The van der Waals surface area contributed by atoms with Gasteiger partial charge in [0.25, 0.3) is 0 Å². The number of hydrogen-bond donors (Lipinski definition) is 0. The fourth-order valence-electron chi connectivity index (χ4n) is 4.18. The van der Waals surface area contributed by atoms with Gasteiger partial charge in [-0.2, -0.15) is 4.98 Å². The number of aromatic nitrogens is 2. The zero-order valence-electron chi connectivity index (χ0n) is 19.3. The van der Waals surface area contributed by atoms with Gasteiger partial charge in [0.1, 0.15) is 0 Å². The molecule has 1 fully saturated rings. The average molecular weight is 448 g/mol. The Labute approximate surface area is 194 Å². The third kappa shape index (κ3) is 5.42. The second-order valence-electron chi connectivity index (χ2n) is 8.27. The minimum atomic E-state index is 0.000568. The highest BCUT2D eigenvalue weighted by atomic mass is 16.5. The Kier molecular flexibility index (Phi) is 7.07. The van der Waals surface area contributed by atoms with E-state index in [0.717, 1.165) is 36.1 Å². The van der Waals surface area contributed by atoms with Gasteiger partial charge in [-0.15, -0.1) is 0 Å². The van der Waals surface area contributed by atoms with E-state index in [9.17, 15) is 4.79 Å². The van der Waals surface area contributed by atoms with Gasteiger partial charge in [-0.1, -0.05) is 35.5 Å². The molecule has 0 aliphatic carbocycles. The predicted octanol–water partition coefficient (Wildman–Crippen LogP) is 4.56. The van der Waals surface area contributed by atoms with Crippen molar-refractivity contribution in [3.05, 3.63) is 65.6 Å². The summed E-state index contributed by atoms with van der Waals surface area (Å²) in [6.07, 6.45) is 6.08. The molecule has 0 saturated carbocycles. The highest BCUT2D eigenvalue weighted by molar-refractivity contribution is 5.92. The van der Waals surface area contributed by atoms with E-state index in [2.05, 4.69) is 10.1 Å². The lowest BCUT2D eigenvalue weighted by Gasteiger charge is -2.31. The van der Waals surface area contributed by atoms with Crippen molar-refractivity contribution >= 4 is 12.0 Å². The molecule has 1 aromatic heterocycles. The predicted molar refractivity (Wildman–Crippen MR) is 126 cm³/mol. The van der Waals surface area contributed by atoms with Crippen molar-refractivity contribution in [2.45, 2.75) is 26.2 Å². The fraction of sp³-hybridized carbons (Fsp3) is 0.346. The van der Waals surface area contributed by atoms with E-state index in [-0.39, 0.29) is 5.91 Å². The van der Waals surface area contributed by atoms with Gasteiger partial charge in [0.2, 0.25) is 17.6 Å². The maximum Gasteiger partial charge on any atom is 0.246 e. The molecule has 33 heavy (non-hydrogen) atoms. The number of amides is 1. The lowest BCUT2D eigenvalue weighted by atomic mass is 9.94. The maximum atomic E-state index is 12.8. The number of aryl methyl sites for hydroxylation is 1. The van der Waals surface area contributed by atoms with Crippen LogP contribution in [0.2, 0.25) is 0 Å². The summed E-state index contributed by atoms with van der Waals surface area (Å²) in [5.74, 6) is 2.82. The van der Waals surface area contributed by atoms with Crippen LogP contribution in [0, 0.1) is 12.8 Å². The molecular weight excluding hydrogens is 418 g/mol. The van der Waals surface area contributed by atoms with Gasteiger partial charge in [0, 0.05) is 31.1 Å². The van der Waals surface area contributed by atoms with Crippen LogP contribution in [0.4, 0.5) is 0 Å². The van der Waals surface area contributed by atoms with Crippen LogP contribution in [0.3, 0.4) is 0 Å². The van der Waals surface area contributed by atoms with E-state index in [1.54, 1.807) is 26.4 Å². The van der Waals surface area contributed by atoms with Crippen molar-refractivity contribution in [1.82, 2.24) is 15.0 Å². The summed E-state index contributed by atoms with van der Waals surface area (Å²) in [6, 6.07) is 13.6. The molecule has 172 valence electrons. The summed E-state index contributed by atoms with van der Waals surface area (Å²) in [5.41, 5.74) is 2.97. The summed E-state index contributed by atoms with van der Waals surface area (Å²) in [5, 5.41) is 4.16. The number of likely N-dealkylation sites (tertiary alicyclic amines) is 1. The van der Waals surface area contributed by atoms with Crippen LogP contribution in [-0.2, 0) is 11.2 Å². The maximum absolute atomic E-state index is 12.8. The van der Waals surface area contributed by atoms with Gasteiger partial charge in [-0.05, 0) is 55.0 Å². The number of ether oxygens (including phenoxy) is 2. The first-order valence-electron chi connectivity index (χ1n) is 11.1. The normalized spacial score (nSPS) is 16.2. The Bertz CT molecular complexity index is 1140. The zero-order valence-corrected chi connectivity index (χ0v) is 19.3. The van der Waals surface area contributed by atoms with Crippen LogP contribution in [0.25, 0.3) is 17.5 Å². The van der Waals surface area contributed by atoms with Crippen LogP contribution in [-0.4, -0.2) is 48.3 Å². The number of hydrogen-bond acceptors (Lipinski definition) is 6. The second kappa shape index (κ2) is 10.3. The monoisotopic (exact) mass is 447 g/mol. The van der Waals surface area contributed by atoms with Crippen LogP contribution in [0.15, 0.2) is 53.1 Å². The summed E-state index contributed by atoms with van der Waals surface area (Å²) in [7, 11) is 3.19. The number of carbonyl (C=O) groups excluding carboxylic acids is 1. The average Bonchev–Trinajstić information content (AvgIpc) is 3.30. The van der Waals surface area contributed by atoms with Crippen molar-refractivity contribution in [3.63, 3.8) is 0 Å². The second-order valence-corrected chi connectivity index (χ2v) is 8.27. The molecule has 3 aromatic rings. The summed E-state index contributed by atoms with van der Waals surface area (Å²) < 4.78 is 16.1. The van der Waals surface area contributed by atoms with Crippen LogP contribution in [0.1, 0.15) is 29.9 Å².